The zero-order valence-electron chi connectivity index (χ0n) is 16.3. The van der Waals surface area contributed by atoms with Crippen molar-refractivity contribution < 1.29 is 17.5 Å². The van der Waals surface area contributed by atoms with E-state index < -0.39 is 10.4 Å². The van der Waals surface area contributed by atoms with Crippen LogP contribution in [0, 0.1) is 0 Å². The van der Waals surface area contributed by atoms with Crippen molar-refractivity contribution in [2.75, 3.05) is 13.1 Å². The third kappa shape index (κ3) is 24.1. The van der Waals surface area contributed by atoms with Crippen molar-refractivity contribution >= 4 is 10.4 Å². The smallest absolute Gasteiger partial charge is 0.301 e. The normalized spacial score (nSPS) is 12.8. The van der Waals surface area contributed by atoms with Crippen LogP contribution >= 0.6 is 0 Å². The Morgan fingerprint density at radius 3 is 1.42 bits per heavy atom. The molecule has 2 N–H and O–H groups in total. The van der Waals surface area contributed by atoms with Gasteiger partial charge in [0.25, 0.3) is 0 Å². The van der Waals surface area contributed by atoms with E-state index >= 15 is 0 Å². The van der Waals surface area contributed by atoms with Gasteiger partial charge in [-0.3, -0.25) is 9.11 Å². The average molecular weight is 368 g/mol. The van der Waals surface area contributed by atoms with Gasteiger partial charge >= 0.3 is 10.4 Å². The molecule has 0 radical (unpaired) electrons. The van der Waals surface area contributed by atoms with E-state index in [1.165, 1.54) is 83.7 Å². The van der Waals surface area contributed by atoms with Gasteiger partial charge in [0.15, 0.2) is 0 Å². The first-order valence-electron chi connectivity index (χ1n) is 9.70. The van der Waals surface area contributed by atoms with Gasteiger partial charge < -0.3 is 4.90 Å². The average Bonchev–Trinajstić information content (AvgIpc) is 2.48. The maximum Gasteiger partial charge on any atom is 0.394 e. The first-order chi connectivity index (χ1) is 11.3. The predicted octanol–water partition coefficient (Wildman–Crippen LogP) is 5.37. The number of hydrogen-bond donors (Lipinski definition) is 2. The molecule has 1 unspecified atom stereocenters. The summed E-state index contributed by atoms with van der Waals surface area (Å²) < 4.78 is 31.6. The van der Waals surface area contributed by atoms with Crippen molar-refractivity contribution in [2.45, 2.75) is 104 Å². The van der Waals surface area contributed by atoms with Crippen molar-refractivity contribution in [3.05, 3.63) is 0 Å². The molecule has 0 aliphatic heterocycles. The van der Waals surface area contributed by atoms with Crippen LogP contribution in [0.3, 0.4) is 0 Å². The molecular weight excluding hydrogens is 326 g/mol. The largest absolute Gasteiger partial charge is 0.394 e. The molecule has 0 fully saturated rings. The lowest BCUT2D eigenvalue weighted by molar-refractivity contribution is 0.217. The highest BCUT2D eigenvalue weighted by molar-refractivity contribution is 7.79. The number of unbranched alkanes of at least 4 members (excludes halogenated alkanes) is 9. The highest BCUT2D eigenvalue weighted by Gasteiger charge is 2.08. The van der Waals surface area contributed by atoms with E-state index in [-0.39, 0.29) is 0 Å². The molecule has 5 nitrogen and oxygen atoms in total. The monoisotopic (exact) mass is 367 g/mol. The second-order valence-corrected chi connectivity index (χ2v) is 7.38. The molecule has 0 aliphatic rings. The first kappa shape index (κ1) is 26.1. The predicted molar refractivity (Wildman–Crippen MR) is 103 cm³/mol. The Balaban J connectivity index is 0. The standard InChI is InChI=1S/C18H39N.H2O4S/c1-5-8-9-10-11-12-13-14-15-16-17-18(4)19(6-2)7-3;1-5(2,3)4/h18H,5-17H2,1-4H3;(H2,1,2,3,4). The highest BCUT2D eigenvalue weighted by atomic mass is 32.3. The summed E-state index contributed by atoms with van der Waals surface area (Å²) in [4.78, 5) is 2.58. The SMILES string of the molecule is CCCCCCCCCCCCC(C)N(CC)CC.O=S(=O)(O)O. The Hall–Kier alpha value is -0.170. The molecule has 0 bridgehead atoms. The lowest BCUT2D eigenvalue weighted by Crippen LogP contribution is -2.32. The molecule has 1 atom stereocenters. The fraction of sp³-hybridized carbons (Fsp3) is 1.00. The van der Waals surface area contributed by atoms with Gasteiger partial charge in [-0.25, -0.2) is 0 Å². The second kappa shape index (κ2) is 17.6. The molecular formula is C18H41NO4S. The van der Waals surface area contributed by atoms with Crippen LogP contribution in [-0.2, 0) is 10.4 Å². The van der Waals surface area contributed by atoms with Gasteiger partial charge in [0.1, 0.15) is 0 Å². The van der Waals surface area contributed by atoms with Gasteiger partial charge in [-0.2, -0.15) is 8.42 Å². The Morgan fingerprint density at radius 1 is 0.750 bits per heavy atom. The lowest BCUT2D eigenvalue weighted by atomic mass is 10.0. The number of nitrogens with zero attached hydrogens (tertiary/aromatic N) is 1. The first-order valence-corrected chi connectivity index (χ1v) is 11.1. The summed E-state index contributed by atoms with van der Waals surface area (Å²) in [7, 11) is -4.67. The quantitative estimate of drug-likeness (QED) is 0.318. The van der Waals surface area contributed by atoms with Crippen LogP contribution in [0.5, 0.6) is 0 Å². The fourth-order valence-electron chi connectivity index (χ4n) is 2.96. The summed E-state index contributed by atoms with van der Waals surface area (Å²) in [6, 6.07) is 0.782. The van der Waals surface area contributed by atoms with Crippen molar-refractivity contribution in [1.82, 2.24) is 4.90 Å². The zero-order chi connectivity index (χ0) is 18.8. The van der Waals surface area contributed by atoms with Crippen molar-refractivity contribution in [2.24, 2.45) is 0 Å². The molecule has 0 aromatic heterocycles. The Labute approximate surface area is 150 Å². The van der Waals surface area contributed by atoms with Gasteiger partial charge in [-0.15, -0.1) is 0 Å². The van der Waals surface area contributed by atoms with Crippen LogP contribution in [0.4, 0.5) is 0 Å². The molecule has 0 aromatic rings. The molecule has 0 aliphatic carbocycles. The minimum atomic E-state index is -4.67. The lowest BCUT2D eigenvalue weighted by Gasteiger charge is -2.26. The second-order valence-electron chi connectivity index (χ2n) is 6.49. The zero-order valence-corrected chi connectivity index (χ0v) is 17.2. The maximum atomic E-state index is 8.74. The molecule has 0 heterocycles. The molecule has 0 saturated carbocycles. The van der Waals surface area contributed by atoms with E-state index in [4.69, 9.17) is 17.5 Å². The van der Waals surface area contributed by atoms with Crippen LogP contribution in [0.15, 0.2) is 0 Å². The minimum absolute atomic E-state index is 0.782. The Kier molecular flexibility index (Phi) is 19.2. The van der Waals surface area contributed by atoms with Crippen LogP contribution in [0.25, 0.3) is 0 Å². The van der Waals surface area contributed by atoms with Gasteiger partial charge in [0.05, 0.1) is 0 Å². The van der Waals surface area contributed by atoms with E-state index in [0.29, 0.717) is 0 Å². The summed E-state index contributed by atoms with van der Waals surface area (Å²) >= 11 is 0. The third-order valence-corrected chi connectivity index (χ3v) is 4.41. The van der Waals surface area contributed by atoms with Gasteiger partial charge in [-0.1, -0.05) is 85.0 Å². The minimum Gasteiger partial charge on any atom is -0.301 e. The Morgan fingerprint density at radius 2 is 1.08 bits per heavy atom. The van der Waals surface area contributed by atoms with E-state index in [1.54, 1.807) is 0 Å². The van der Waals surface area contributed by atoms with Crippen molar-refractivity contribution in [1.29, 1.82) is 0 Å². The fourth-order valence-corrected chi connectivity index (χ4v) is 2.96. The van der Waals surface area contributed by atoms with Crippen molar-refractivity contribution in [3.8, 4) is 0 Å². The Bertz CT molecular complexity index is 335. The molecule has 0 rings (SSSR count). The van der Waals surface area contributed by atoms with Gasteiger partial charge in [-0.05, 0) is 26.4 Å². The molecule has 0 amide bonds. The van der Waals surface area contributed by atoms with E-state index in [1.807, 2.05) is 0 Å². The highest BCUT2D eigenvalue weighted by Crippen LogP contribution is 2.13. The van der Waals surface area contributed by atoms with Crippen molar-refractivity contribution in [3.63, 3.8) is 0 Å². The van der Waals surface area contributed by atoms with Gasteiger partial charge in [0, 0.05) is 6.04 Å². The van der Waals surface area contributed by atoms with Crippen LogP contribution in [0.2, 0.25) is 0 Å². The summed E-state index contributed by atoms with van der Waals surface area (Å²) in [6.45, 7) is 11.6. The number of rotatable bonds is 14. The van der Waals surface area contributed by atoms with E-state index in [0.717, 1.165) is 6.04 Å². The van der Waals surface area contributed by atoms with Crippen LogP contribution in [-0.4, -0.2) is 41.6 Å². The molecule has 0 spiro atoms. The van der Waals surface area contributed by atoms with Crippen LogP contribution < -0.4 is 0 Å². The summed E-state index contributed by atoms with van der Waals surface area (Å²) in [5, 5.41) is 0. The summed E-state index contributed by atoms with van der Waals surface area (Å²) in [6.07, 6.45) is 15.8. The molecule has 6 heteroatoms. The molecule has 0 saturated heterocycles. The number of hydrogen-bond acceptors (Lipinski definition) is 3. The summed E-state index contributed by atoms with van der Waals surface area (Å²) in [5.41, 5.74) is 0. The molecule has 0 aromatic carbocycles. The third-order valence-electron chi connectivity index (χ3n) is 4.41. The van der Waals surface area contributed by atoms with E-state index in [9.17, 15) is 0 Å². The van der Waals surface area contributed by atoms with Crippen LogP contribution in [0.1, 0.15) is 98.3 Å². The topological polar surface area (TPSA) is 77.8 Å². The summed E-state index contributed by atoms with van der Waals surface area (Å²) in [5.74, 6) is 0. The molecule has 148 valence electrons. The van der Waals surface area contributed by atoms with E-state index in [2.05, 4.69) is 32.6 Å². The maximum absolute atomic E-state index is 8.74. The van der Waals surface area contributed by atoms with Gasteiger partial charge in [0.2, 0.25) is 0 Å². The molecule has 24 heavy (non-hydrogen) atoms.